The molecule has 0 bridgehead atoms. The second-order valence-corrected chi connectivity index (χ2v) is 6.57. The Morgan fingerprint density at radius 1 is 1.10 bits per heavy atom. The number of rotatable bonds is 6. The van der Waals surface area contributed by atoms with Crippen molar-refractivity contribution in [2.24, 2.45) is 0 Å². The van der Waals surface area contributed by atoms with Gasteiger partial charge in [0.15, 0.2) is 5.82 Å². The van der Waals surface area contributed by atoms with Crippen LogP contribution in [0.4, 0.5) is 0 Å². The number of imidazole rings is 1. The second-order valence-electron chi connectivity index (χ2n) is 6.57. The molecule has 8 heteroatoms. The number of carbonyl (C=O) groups excluding carboxylic acids is 1. The van der Waals surface area contributed by atoms with E-state index in [2.05, 4.69) is 44.5 Å². The van der Waals surface area contributed by atoms with E-state index in [1.807, 2.05) is 18.2 Å². The van der Waals surface area contributed by atoms with E-state index in [9.17, 15) is 4.79 Å². The number of nitrogens with zero attached hydrogens (tertiary/aromatic N) is 5. The van der Waals surface area contributed by atoms with Crippen LogP contribution in [0.1, 0.15) is 34.4 Å². The van der Waals surface area contributed by atoms with Crippen molar-refractivity contribution in [3.05, 3.63) is 77.8 Å². The van der Waals surface area contributed by atoms with E-state index in [1.165, 1.54) is 5.56 Å². The number of nitrogens with one attached hydrogen (secondary N) is 1. The van der Waals surface area contributed by atoms with Gasteiger partial charge in [0.05, 0.1) is 5.56 Å². The Bertz CT molecular complexity index is 1110. The van der Waals surface area contributed by atoms with Crippen molar-refractivity contribution in [3.63, 3.8) is 0 Å². The van der Waals surface area contributed by atoms with Crippen LogP contribution in [0.2, 0.25) is 0 Å². The summed E-state index contributed by atoms with van der Waals surface area (Å²) >= 11 is 0. The minimum absolute atomic E-state index is 0.235. The van der Waals surface area contributed by atoms with Gasteiger partial charge in [-0.15, -0.1) is 0 Å². The number of carbonyl (C=O) groups is 1. The van der Waals surface area contributed by atoms with E-state index in [-0.39, 0.29) is 5.91 Å². The number of hydrogen-bond acceptors (Lipinski definition) is 6. The van der Waals surface area contributed by atoms with Crippen LogP contribution in [0.3, 0.4) is 0 Å². The largest absolute Gasteiger partial charge is 0.347 e. The molecule has 0 radical (unpaired) electrons. The summed E-state index contributed by atoms with van der Waals surface area (Å²) in [6.07, 6.45) is 5.84. The molecular formula is C21H20N6O2. The molecule has 8 nitrogen and oxygen atoms in total. The fourth-order valence-corrected chi connectivity index (χ4v) is 2.81. The van der Waals surface area contributed by atoms with Gasteiger partial charge in [0, 0.05) is 18.9 Å². The van der Waals surface area contributed by atoms with Crippen molar-refractivity contribution >= 4 is 5.91 Å². The molecule has 0 spiro atoms. The monoisotopic (exact) mass is 388 g/mol. The molecule has 0 saturated carbocycles. The van der Waals surface area contributed by atoms with Crippen LogP contribution >= 0.6 is 0 Å². The average Bonchev–Trinajstić information content (AvgIpc) is 3.42. The topological polar surface area (TPSA) is 98.7 Å². The SMILES string of the molecule is CCc1ccc(CNC(=O)c2cn(-c3ccc(-c4nc(C)no4)cn3)cn2)cc1. The van der Waals surface area contributed by atoms with Crippen LogP contribution in [-0.2, 0) is 13.0 Å². The van der Waals surface area contributed by atoms with Crippen LogP contribution in [0.5, 0.6) is 0 Å². The third-order valence-corrected chi connectivity index (χ3v) is 4.49. The molecule has 0 atom stereocenters. The molecular weight excluding hydrogens is 368 g/mol. The fourth-order valence-electron chi connectivity index (χ4n) is 2.81. The summed E-state index contributed by atoms with van der Waals surface area (Å²) in [7, 11) is 0. The predicted octanol–water partition coefficient (Wildman–Crippen LogP) is 3.12. The van der Waals surface area contributed by atoms with Gasteiger partial charge in [-0.1, -0.05) is 36.3 Å². The van der Waals surface area contributed by atoms with Gasteiger partial charge >= 0.3 is 0 Å². The molecule has 0 fully saturated rings. The highest BCUT2D eigenvalue weighted by Gasteiger charge is 2.11. The highest BCUT2D eigenvalue weighted by molar-refractivity contribution is 5.92. The van der Waals surface area contributed by atoms with E-state index in [4.69, 9.17) is 4.52 Å². The molecule has 3 heterocycles. The fraction of sp³-hybridized carbons (Fsp3) is 0.190. The summed E-state index contributed by atoms with van der Waals surface area (Å²) in [6.45, 7) is 4.32. The third-order valence-electron chi connectivity index (χ3n) is 4.49. The van der Waals surface area contributed by atoms with Crippen LogP contribution < -0.4 is 5.32 Å². The van der Waals surface area contributed by atoms with Gasteiger partial charge < -0.3 is 9.84 Å². The summed E-state index contributed by atoms with van der Waals surface area (Å²) in [5, 5.41) is 6.66. The van der Waals surface area contributed by atoms with Crippen molar-refractivity contribution in [1.29, 1.82) is 0 Å². The van der Waals surface area contributed by atoms with Crippen molar-refractivity contribution in [1.82, 2.24) is 30.0 Å². The van der Waals surface area contributed by atoms with E-state index >= 15 is 0 Å². The first-order chi connectivity index (χ1) is 14.1. The molecule has 146 valence electrons. The molecule has 0 aliphatic heterocycles. The Kier molecular flexibility index (Phi) is 5.15. The first kappa shape index (κ1) is 18.5. The molecule has 29 heavy (non-hydrogen) atoms. The highest BCUT2D eigenvalue weighted by atomic mass is 16.5. The summed E-state index contributed by atoms with van der Waals surface area (Å²) in [5.74, 6) is 1.38. The number of hydrogen-bond donors (Lipinski definition) is 1. The van der Waals surface area contributed by atoms with Gasteiger partial charge in [-0.25, -0.2) is 9.97 Å². The first-order valence-corrected chi connectivity index (χ1v) is 9.29. The standard InChI is InChI=1S/C21H20N6O2/c1-3-15-4-6-16(7-5-15)10-23-20(28)18-12-27(13-24-18)19-9-8-17(11-22-19)21-25-14(2)26-29-21/h4-9,11-13H,3,10H2,1-2H3,(H,23,28). The Morgan fingerprint density at radius 3 is 2.55 bits per heavy atom. The van der Waals surface area contributed by atoms with E-state index in [0.717, 1.165) is 17.5 Å². The van der Waals surface area contributed by atoms with Crippen molar-refractivity contribution < 1.29 is 9.32 Å². The average molecular weight is 388 g/mol. The van der Waals surface area contributed by atoms with Crippen molar-refractivity contribution in [3.8, 4) is 17.3 Å². The molecule has 1 amide bonds. The maximum absolute atomic E-state index is 12.4. The molecule has 1 N–H and O–H groups in total. The zero-order valence-electron chi connectivity index (χ0n) is 16.2. The maximum atomic E-state index is 12.4. The number of pyridine rings is 1. The zero-order valence-corrected chi connectivity index (χ0v) is 16.2. The molecule has 0 aliphatic carbocycles. The Balaban J connectivity index is 1.41. The van der Waals surface area contributed by atoms with Crippen molar-refractivity contribution in [2.75, 3.05) is 0 Å². The van der Waals surface area contributed by atoms with Crippen LogP contribution in [0, 0.1) is 6.92 Å². The van der Waals surface area contributed by atoms with Crippen molar-refractivity contribution in [2.45, 2.75) is 26.8 Å². The summed E-state index contributed by atoms with van der Waals surface area (Å²) in [5.41, 5.74) is 3.37. The Morgan fingerprint density at radius 2 is 1.90 bits per heavy atom. The van der Waals surface area contributed by atoms with Crippen LogP contribution in [0.25, 0.3) is 17.3 Å². The number of benzene rings is 1. The quantitative estimate of drug-likeness (QED) is 0.545. The molecule has 0 aliphatic rings. The lowest BCUT2D eigenvalue weighted by Crippen LogP contribution is -2.23. The lowest BCUT2D eigenvalue weighted by molar-refractivity contribution is 0.0946. The zero-order chi connectivity index (χ0) is 20.2. The van der Waals surface area contributed by atoms with E-state index in [1.54, 1.807) is 36.3 Å². The summed E-state index contributed by atoms with van der Waals surface area (Å²) < 4.78 is 6.82. The molecule has 3 aromatic heterocycles. The van der Waals surface area contributed by atoms with Gasteiger partial charge in [0.25, 0.3) is 11.8 Å². The minimum atomic E-state index is -0.235. The van der Waals surface area contributed by atoms with Crippen LogP contribution in [0.15, 0.2) is 59.6 Å². The smallest absolute Gasteiger partial charge is 0.271 e. The van der Waals surface area contributed by atoms with Gasteiger partial charge in [-0.05, 0) is 36.6 Å². The van der Waals surface area contributed by atoms with Gasteiger partial charge in [-0.2, -0.15) is 4.98 Å². The highest BCUT2D eigenvalue weighted by Crippen LogP contribution is 2.17. The Hall–Kier alpha value is -3.81. The first-order valence-electron chi connectivity index (χ1n) is 9.29. The number of amides is 1. The third kappa shape index (κ3) is 4.21. The molecule has 4 rings (SSSR count). The normalized spacial score (nSPS) is 10.8. The van der Waals surface area contributed by atoms with E-state index < -0.39 is 0 Å². The van der Waals surface area contributed by atoms with Gasteiger partial charge in [-0.3, -0.25) is 9.36 Å². The lowest BCUT2D eigenvalue weighted by atomic mass is 10.1. The van der Waals surface area contributed by atoms with Gasteiger partial charge in [0.2, 0.25) is 0 Å². The van der Waals surface area contributed by atoms with Gasteiger partial charge in [0.1, 0.15) is 17.8 Å². The molecule has 0 unspecified atom stereocenters. The molecule has 4 aromatic rings. The minimum Gasteiger partial charge on any atom is -0.347 e. The summed E-state index contributed by atoms with van der Waals surface area (Å²) in [6, 6.07) is 11.8. The molecule has 0 saturated heterocycles. The number of aromatic nitrogens is 5. The molecule has 1 aromatic carbocycles. The second kappa shape index (κ2) is 8.05. The predicted molar refractivity (Wildman–Crippen MR) is 106 cm³/mol. The summed E-state index contributed by atoms with van der Waals surface area (Å²) in [4.78, 5) is 25.1. The Labute approximate surface area is 167 Å². The van der Waals surface area contributed by atoms with E-state index in [0.29, 0.717) is 29.8 Å². The maximum Gasteiger partial charge on any atom is 0.271 e. The number of aryl methyl sites for hydroxylation is 2. The lowest BCUT2D eigenvalue weighted by Gasteiger charge is -2.04. The van der Waals surface area contributed by atoms with Crippen LogP contribution in [-0.4, -0.2) is 30.6 Å².